The number of anilines is 6. The largest absolute Gasteiger partial charge is 0.309 e. The Kier molecular flexibility index (Phi) is 6.46. The molecular formula is C46H30N4. The van der Waals surface area contributed by atoms with Crippen LogP contribution in [0.1, 0.15) is 0 Å². The van der Waals surface area contributed by atoms with Crippen LogP contribution in [0.15, 0.2) is 182 Å². The summed E-state index contributed by atoms with van der Waals surface area (Å²) in [6, 6.07) is 60.5. The summed E-state index contributed by atoms with van der Waals surface area (Å²) < 4.78 is 0. The Labute approximate surface area is 289 Å². The lowest BCUT2D eigenvalue weighted by Gasteiger charge is -2.30. The van der Waals surface area contributed by atoms with Gasteiger partial charge >= 0.3 is 0 Å². The Bertz CT molecular complexity index is 2620. The van der Waals surface area contributed by atoms with Crippen LogP contribution < -0.4 is 9.80 Å². The fourth-order valence-corrected chi connectivity index (χ4v) is 7.68. The van der Waals surface area contributed by atoms with Gasteiger partial charge in [0.15, 0.2) is 0 Å². The molecule has 0 saturated heterocycles. The second-order valence-corrected chi connectivity index (χ2v) is 12.6. The summed E-state index contributed by atoms with van der Waals surface area (Å²) in [5, 5.41) is 9.55. The van der Waals surface area contributed by atoms with E-state index in [-0.39, 0.29) is 0 Å². The lowest BCUT2D eigenvalue weighted by molar-refractivity contribution is 1.29. The van der Waals surface area contributed by atoms with Gasteiger partial charge in [-0.15, -0.1) is 0 Å². The second kappa shape index (κ2) is 11.4. The quantitative estimate of drug-likeness (QED) is 0.170. The van der Waals surface area contributed by atoms with Crippen LogP contribution in [-0.2, 0) is 0 Å². The summed E-state index contributed by atoms with van der Waals surface area (Å²) in [4.78, 5) is 14.2. The van der Waals surface area contributed by atoms with E-state index in [1.807, 2.05) is 24.5 Å². The summed E-state index contributed by atoms with van der Waals surface area (Å²) >= 11 is 0. The van der Waals surface area contributed by atoms with E-state index >= 15 is 0 Å². The maximum Gasteiger partial charge on any atom is 0.0723 e. The van der Waals surface area contributed by atoms with Crippen LogP contribution in [0.25, 0.3) is 54.1 Å². The van der Waals surface area contributed by atoms with Crippen molar-refractivity contribution in [2.45, 2.75) is 0 Å². The van der Waals surface area contributed by atoms with Crippen LogP contribution in [0.4, 0.5) is 34.1 Å². The molecule has 10 aromatic rings. The van der Waals surface area contributed by atoms with Gasteiger partial charge in [-0.1, -0.05) is 109 Å². The van der Waals surface area contributed by atoms with E-state index in [0.717, 1.165) is 55.9 Å². The fraction of sp³-hybridized carbons (Fsp3) is 0. The predicted octanol–water partition coefficient (Wildman–Crippen LogP) is 12.6. The van der Waals surface area contributed by atoms with Gasteiger partial charge in [0.1, 0.15) is 0 Å². The summed E-state index contributed by atoms with van der Waals surface area (Å²) in [7, 11) is 0. The van der Waals surface area contributed by atoms with E-state index in [1.54, 1.807) is 0 Å². The molecule has 4 nitrogen and oxygen atoms in total. The van der Waals surface area contributed by atoms with E-state index in [1.165, 1.54) is 32.3 Å². The van der Waals surface area contributed by atoms with Crippen molar-refractivity contribution < 1.29 is 0 Å². The lowest BCUT2D eigenvalue weighted by atomic mass is 9.91. The molecule has 10 rings (SSSR count). The summed E-state index contributed by atoms with van der Waals surface area (Å²) in [6.45, 7) is 0. The first-order valence-corrected chi connectivity index (χ1v) is 16.9. The minimum absolute atomic E-state index is 0.970. The molecule has 0 spiro atoms. The second-order valence-electron chi connectivity index (χ2n) is 12.6. The zero-order valence-corrected chi connectivity index (χ0v) is 27.1. The molecule has 0 aliphatic heterocycles. The number of nitrogens with zero attached hydrogens (tertiary/aromatic N) is 4. The normalized spacial score (nSPS) is 11.6. The van der Waals surface area contributed by atoms with Crippen LogP contribution in [0.2, 0.25) is 0 Å². The van der Waals surface area contributed by atoms with Crippen molar-refractivity contribution in [1.82, 2.24) is 9.97 Å². The average molecular weight is 639 g/mol. The molecule has 2 aromatic heterocycles. The minimum Gasteiger partial charge on any atom is -0.309 e. The number of fused-ring (bicyclic) bond motifs is 2. The molecule has 0 aliphatic carbocycles. The first-order chi connectivity index (χ1) is 24.8. The molecule has 2 heterocycles. The van der Waals surface area contributed by atoms with Gasteiger partial charge in [0.05, 0.1) is 33.8 Å². The summed E-state index contributed by atoms with van der Waals surface area (Å²) in [6.07, 6.45) is 3.83. The van der Waals surface area contributed by atoms with Crippen LogP contribution >= 0.6 is 0 Å². The predicted molar refractivity (Wildman–Crippen MR) is 210 cm³/mol. The third kappa shape index (κ3) is 4.39. The monoisotopic (exact) mass is 638 g/mol. The standard InChI is InChI=1S/C46H30N4/c1-3-11-33(12-4-1)49(43-27-29-47-39-17-9-7-15-35(39)43)41-25-21-31-20-24-38-42(26-22-32-19-23-37(41)45(31)46(32)38)50(34-13-5-2-6-14-34)44-28-30-48-40-18-10-8-16-36(40)44/h1-30H. The fourth-order valence-electron chi connectivity index (χ4n) is 7.68. The van der Waals surface area contributed by atoms with Crippen molar-refractivity contribution >= 4 is 88.2 Å². The minimum atomic E-state index is 0.970. The van der Waals surface area contributed by atoms with Gasteiger partial charge in [0.25, 0.3) is 0 Å². The SMILES string of the molecule is c1ccc(N(c2ccnc3ccccc23)c2ccc3ccc4c(N(c5ccccc5)c5ccnc6ccccc56)ccc5ccc2c3c54)cc1. The van der Waals surface area contributed by atoms with Crippen molar-refractivity contribution in [1.29, 1.82) is 0 Å². The van der Waals surface area contributed by atoms with Crippen LogP contribution in [0, 0.1) is 0 Å². The van der Waals surface area contributed by atoms with Crippen molar-refractivity contribution in [3.63, 3.8) is 0 Å². The van der Waals surface area contributed by atoms with Gasteiger partial charge in [-0.2, -0.15) is 0 Å². The molecule has 8 aromatic carbocycles. The Hall–Kier alpha value is -6.78. The molecule has 0 atom stereocenters. The van der Waals surface area contributed by atoms with E-state index in [9.17, 15) is 0 Å². The number of hydrogen-bond acceptors (Lipinski definition) is 4. The smallest absolute Gasteiger partial charge is 0.0723 e. The highest BCUT2D eigenvalue weighted by Gasteiger charge is 2.23. The van der Waals surface area contributed by atoms with Gasteiger partial charge in [0.2, 0.25) is 0 Å². The molecule has 0 amide bonds. The van der Waals surface area contributed by atoms with Gasteiger partial charge in [0, 0.05) is 45.3 Å². The number of rotatable bonds is 6. The van der Waals surface area contributed by atoms with Gasteiger partial charge in [-0.25, -0.2) is 0 Å². The van der Waals surface area contributed by atoms with E-state index in [4.69, 9.17) is 9.97 Å². The third-order valence-electron chi connectivity index (χ3n) is 9.86. The van der Waals surface area contributed by atoms with Crippen molar-refractivity contribution in [3.8, 4) is 0 Å². The number of benzene rings is 8. The Morgan fingerprint density at radius 3 is 1.14 bits per heavy atom. The first kappa shape index (κ1) is 28.3. The van der Waals surface area contributed by atoms with Crippen LogP contribution in [-0.4, -0.2) is 9.97 Å². The molecule has 0 radical (unpaired) electrons. The average Bonchev–Trinajstić information content (AvgIpc) is 3.19. The van der Waals surface area contributed by atoms with E-state index < -0.39 is 0 Å². The van der Waals surface area contributed by atoms with Gasteiger partial charge in [-0.05, 0) is 82.2 Å². The van der Waals surface area contributed by atoms with Crippen LogP contribution in [0.5, 0.6) is 0 Å². The molecule has 50 heavy (non-hydrogen) atoms. The van der Waals surface area contributed by atoms with Crippen LogP contribution in [0.3, 0.4) is 0 Å². The number of pyridine rings is 2. The maximum atomic E-state index is 4.70. The third-order valence-corrected chi connectivity index (χ3v) is 9.86. The molecule has 4 heteroatoms. The number of hydrogen-bond donors (Lipinski definition) is 0. The topological polar surface area (TPSA) is 32.3 Å². The zero-order valence-electron chi connectivity index (χ0n) is 27.1. The Morgan fingerprint density at radius 2 is 0.680 bits per heavy atom. The van der Waals surface area contributed by atoms with E-state index in [0.29, 0.717) is 0 Å². The molecule has 0 N–H and O–H groups in total. The number of aromatic nitrogens is 2. The zero-order chi connectivity index (χ0) is 33.0. The Morgan fingerprint density at radius 1 is 0.300 bits per heavy atom. The molecule has 0 saturated carbocycles. The highest BCUT2D eigenvalue weighted by molar-refractivity contribution is 6.28. The first-order valence-electron chi connectivity index (χ1n) is 16.9. The van der Waals surface area contributed by atoms with Gasteiger partial charge in [-0.3, -0.25) is 9.97 Å². The molecule has 0 bridgehead atoms. The molecule has 0 fully saturated rings. The van der Waals surface area contributed by atoms with Gasteiger partial charge < -0.3 is 9.80 Å². The summed E-state index contributed by atoms with van der Waals surface area (Å²) in [5.41, 5.74) is 8.57. The maximum absolute atomic E-state index is 4.70. The van der Waals surface area contributed by atoms with Crippen molar-refractivity contribution in [2.75, 3.05) is 9.80 Å². The summed E-state index contributed by atoms with van der Waals surface area (Å²) in [5.74, 6) is 0. The Balaban J connectivity index is 1.27. The van der Waals surface area contributed by atoms with E-state index in [2.05, 4.69) is 168 Å². The lowest BCUT2D eigenvalue weighted by Crippen LogP contribution is -2.12. The number of para-hydroxylation sites is 4. The molecule has 234 valence electrons. The van der Waals surface area contributed by atoms with Crippen molar-refractivity contribution in [3.05, 3.63) is 182 Å². The highest BCUT2D eigenvalue weighted by Crippen LogP contribution is 2.48. The molecule has 0 unspecified atom stereocenters. The highest BCUT2D eigenvalue weighted by atomic mass is 15.2. The molecular weight excluding hydrogens is 609 g/mol. The molecule has 0 aliphatic rings. The van der Waals surface area contributed by atoms with Crippen molar-refractivity contribution in [2.24, 2.45) is 0 Å².